The van der Waals surface area contributed by atoms with E-state index in [2.05, 4.69) is 57.4 Å². The summed E-state index contributed by atoms with van der Waals surface area (Å²) in [5.74, 6) is 1.15. The fourth-order valence-corrected chi connectivity index (χ4v) is 5.75. The van der Waals surface area contributed by atoms with Gasteiger partial charge in [0, 0.05) is 23.7 Å². The lowest BCUT2D eigenvalue weighted by molar-refractivity contribution is 0.0908. The van der Waals surface area contributed by atoms with E-state index in [4.69, 9.17) is 11.2 Å². The molecule has 5 rings (SSSR count). The molecular weight excluding hydrogens is 538 g/mol. The van der Waals surface area contributed by atoms with E-state index in [1.54, 1.807) is 0 Å². The predicted octanol–water partition coefficient (Wildman–Crippen LogP) is 6.17. The molecule has 2 aromatic carbocycles. The number of fused-ring (bicyclic) bond motifs is 2. The average molecular weight is 575 g/mol. The van der Waals surface area contributed by atoms with Crippen LogP contribution in [0.25, 0.3) is 32.9 Å². The van der Waals surface area contributed by atoms with Gasteiger partial charge in [0.25, 0.3) is 0 Å². The zero-order chi connectivity index (χ0) is 29.9. The Labute approximate surface area is 244 Å². The minimum atomic E-state index is -0.768. The molecule has 0 amide bonds. The number of nitrogens with zero attached hydrogens (tertiary/aromatic N) is 4. The van der Waals surface area contributed by atoms with Gasteiger partial charge in [0.2, 0.25) is 0 Å². The van der Waals surface area contributed by atoms with Crippen molar-refractivity contribution in [3.63, 3.8) is 0 Å². The van der Waals surface area contributed by atoms with Crippen molar-refractivity contribution in [3.8, 4) is 35.4 Å². The van der Waals surface area contributed by atoms with Gasteiger partial charge in [-0.1, -0.05) is 38.7 Å². The second-order valence-corrected chi connectivity index (χ2v) is 10.9. The smallest absolute Gasteiger partial charge is 0.319 e. The summed E-state index contributed by atoms with van der Waals surface area (Å²) in [6.07, 6.45) is 12.2. The van der Waals surface area contributed by atoms with E-state index in [9.17, 15) is 9.50 Å². The van der Waals surface area contributed by atoms with Gasteiger partial charge in [-0.2, -0.15) is 9.97 Å². The zero-order valence-electron chi connectivity index (χ0n) is 24.2. The van der Waals surface area contributed by atoms with E-state index in [0.717, 1.165) is 45.2 Å². The number of hydrogen-bond acceptors (Lipinski definition) is 8. The Bertz CT molecular complexity index is 1660. The zero-order valence-corrected chi connectivity index (χ0v) is 24.2. The second-order valence-electron chi connectivity index (χ2n) is 10.9. The highest BCUT2D eigenvalue weighted by molar-refractivity contribution is 6.02. The van der Waals surface area contributed by atoms with Crippen molar-refractivity contribution in [2.75, 3.05) is 31.7 Å². The van der Waals surface area contributed by atoms with Crippen LogP contribution in [0.2, 0.25) is 0 Å². The van der Waals surface area contributed by atoms with Gasteiger partial charge < -0.3 is 15.3 Å². The maximum absolute atomic E-state index is 16.4. The minimum Gasteiger partial charge on any atom is -0.508 e. The summed E-state index contributed by atoms with van der Waals surface area (Å²) in [5.41, 5.74) is 6.00. The molecule has 0 unspecified atom stereocenters. The molecule has 3 N–H and O–H groups in total. The average Bonchev–Trinajstić information content (AvgIpc) is 3.36. The van der Waals surface area contributed by atoms with Crippen LogP contribution in [0.5, 0.6) is 11.8 Å². The molecular formula is C32H36F2N6O2. The number of phenols is 1. The van der Waals surface area contributed by atoms with Crippen LogP contribution in [0.4, 0.5) is 14.6 Å². The van der Waals surface area contributed by atoms with E-state index in [1.807, 2.05) is 0 Å². The van der Waals surface area contributed by atoms with Gasteiger partial charge in [0.1, 0.15) is 29.4 Å². The molecule has 1 fully saturated rings. The number of terminal acetylenes is 1. The van der Waals surface area contributed by atoms with Gasteiger partial charge in [-0.15, -0.1) is 6.42 Å². The highest BCUT2D eigenvalue weighted by Crippen LogP contribution is 2.38. The number of phenolic OH excluding ortho intramolecular Hbond substituents is 1. The van der Waals surface area contributed by atoms with Gasteiger partial charge >= 0.3 is 6.01 Å². The number of nitrogens with one attached hydrogen (secondary N) is 2. The number of pyridine rings is 1. The molecule has 1 saturated heterocycles. The Hall–Kier alpha value is -4.07. The first-order valence-corrected chi connectivity index (χ1v) is 14.4. The summed E-state index contributed by atoms with van der Waals surface area (Å²) in [7, 11) is 0. The Balaban J connectivity index is 1.61. The number of unbranched alkanes of at least 4 members (excludes halogenated alkanes) is 2. The molecule has 4 aromatic rings. The molecule has 0 bridgehead atoms. The first kappa shape index (κ1) is 29.4. The lowest BCUT2D eigenvalue weighted by atomic mass is 9.96. The second kappa shape index (κ2) is 12.4. The Morgan fingerprint density at radius 1 is 1.19 bits per heavy atom. The first-order valence-electron chi connectivity index (χ1n) is 14.4. The molecule has 1 aliphatic rings. The Morgan fingerprint density at radius 2 is 2.02 bits per heavy atom. The number of likely N-dealkylation sites (tertiary alicyclic amines) is 1. The Kier molecular flexibility index (Phi) is 8.71. The van der Waals surface area contributed by atoms with Crippen LogP contribution >= 0.6 is 0 Å². The quantitative estimate of drug-likeness (QED) is 0.111. The topological polar surface area (TPSA) is 95.4 Å². The van der Waals surface area contributed by atoms with E-state index < -0.39 is 11.6 Å². The van der Waals surface area contributed by atoms with Crippen molar-refractivity contribution in [1.29, 1.82) is 0 Å². The lowest BCUT2D eigenvalue weighted by Crippen LogP contribution is -2.45. The monoisotopic (exact) mass is 574 g/mol. The van der Waals surface area contributed by atoms with Crippen molar-refractivity contribution < 1.29 is 18.6 Å². The fourth-order valence-electron chi connectivity index (χ4n) is 5.75. The van der Waals surface area contributed by atoms with Gasteiger partial charge in [0.05, 0.1) is 16.5 Å². The van der Waals surface area contributed by atoms with E-state index >= 15 is 4.39 Å². The van der Waals surface area contributed by atoms with Gasteiger partial charge in [-0.3, -0.25) is 9.88 Å². The molecule has 220 valence electrons. The number of anilines is 1. The first-order chi connectivity index (χ1) is 20.3. The number of hydrogen-bond donors (Lipinski definition) is 3. The van der Waals surface area contributed by atoms with Crippen LogP contribution < -0.4 is 15.6 Å². The van der Waals surface area contributed by atoms with Crippen molar-refractivity contribution in [1.82, 2.24) is 25.3 Å². The largest absolute Gasteiger partial charge is 0.508 e. The van der Waals surface area contributed by atoms with Gasteiger partial charge in [-0.25, -0.2) is 14.2 Å². The normalized spacial score (nSPS) is 17.1. The van der Waals surface area contributed by atoms with Crippen LogP contribution in [0.3, 0.4) is 0 Å². The molecule has 2 aromatic heterocycles. The summed E-state index contributed by atoms with van der Waals surface area (Å²) in [5, 5.41) is 11.5. The lowest BCUT2D eigenvalue weighted by Gasteiger charge is -2.33. The highest BCUT2D eigenvalue weighted by Gasteiger charge is 2.36. The standard InChI is InChI=1S/C32H36F2N6O2/c1-5-8-9-14-36-39-30-24-18-35-28(23-17-21(41)16-20-11-12-25(33)22(6-2)26(20)23)27(34)29(24)37-31(38-30)42-19-32(4)13-10-15-40(32)7-3/h2,11-12,16-18,36,41H,5,7-10,13-15,19H2,1,3-4H3,(H,37,38,39)/t32-/m1/s1. The molecule has 0 saturated carbocycles. The third-order valence-electron chi connectivity index (χ3n) is 8.03. The molecule has 0 radical (unpaired) electrons. The highest BCUT2D eigenvalue weighted by atomic mass is 19.1. The molecule has 3 heterocycles. The van der Waals surface area contributed by atoms with Crippen molar-refractivity contribution in [3.05, 3.63) is 47.7 Å². The summed E-state index contributed by atoms with van der Waals surface area (Å²) in [6.45, 7) is 9.31. The maximum atomic E-state index is 16.4. The van der Waals surface area contributed by atoms with Crippen LogP contribution in [0.15, 0.2) is 30.5 Å². The summed E-state index contributed by atoms with van der Waals surface area (Å²) in [6, 6.07) is 5.50. The van der Waals surface area contributed by atoms with E-state index in [-0.39, 0.29) is 45.0 Å². The van der Waals surface area contributed by atoms with Gasteiger partial charge in [-0.05, 0) is 62.9 Å². The SMILES string of the molecule is C#Cc1c(F)ccc2cc(O)cc(-c3ncc4c(NNCCCCC)nc(OC[C@@]5(C)CCCN5CC)nc4c3F)c12. The van der Waals surface area contributed by atoms with E-state index in [0.29, 0.717) is 29.7 Å². The number of ether oxygens (including phenoxy) is 1. The fraction of sp³-hybridized carbons (Fsp3) is 0.406. The number of hydrazine groups is 1. The van der Waals surface area contributed by atoms with E-state index in [1.165, 1.54) is 30.5 Å². The predicted molar refractivity (Wildman–Crippen MR) is 161 cm³/mol. The Morgan fingerprint density at radius 3 is 2.79 bits per heavy atom. The number of aromatic hydroxyl groups is 1. The number of halogens is 2. The molecule has 0 aliphatic carbocycles. The molecule has 8 nitrogen and oxygen atoms in total. The summed E-state index contributed by atoms with van der Waals surface area (Å²) < 4.78 is 37.3. The number of rotatable bonds is 11. The molecule has 10 heteroatoms. The minimum absolute atomic E-state index is 0.0247. The van der Waals surface area contributed by atoms with Crippen LogP contribution in [0.1, 0.15) is 58.4 Å². The number of benzene rings is 2. The number of likely N-dealkylation sites (N-methyl/N-ethyl adjacent to an activating group) is 1. The van der Waals surface area contributed by atoms with Crippen LogP contribution in [-0.2, 0) is 0 Å². The molecule has 0 spiro atoms. The molecule has 1 atom stereocenters. The third kappa shape index (κ3) is 5.67. The number of aromatic nitrogens is 3. The van der Waals surface area contributed by atoms with Gasteiger partial charge in [0.15, 0.2) is 11.6 Å². The maximum Gasteiger partial charge on any atom is 0.319 e. The summed E-state index contributed by atoms with van der Waals surface area (Å²) >= 11 is 0. The van der Waals surface area contributed by atoms with Crippen molar-refractivity contribution in [2.45, 2.75) is 58.4 Å². The summed E-state index contributed by atoms with van der Waals surface area (Å²) in [4.78, 5) is 15.8. The third-order valence-corrected chi connectivity index (χ3v) is 8.03. The van der Waals surface area contributed by atoms with Crippen molar-refractivity contribution in [2.24, 2.45) is 0 Å². The van der Waals surface area contributed by atoms with Crippen LogP contribution in [0, 0.1) is 24.0 Å². The molecule has 42 heavy (non-hydrogen) atoms. The molecule has 1 aliphatic heterocycles. The van der Waals surface area contributed by atoms with Crippen molar-refractivity contribution >= 4 is 27.5 Å². The van der Waals surface area contributed by atoms with Crippen LogP contribution in [-0.4, -0.2) is 56.7 Å².